The van der Waals surface area contributed by atoms with Gasteiger partial charge in [0.1, 0.15) is 0 Å². The van der Waals surface area contributed by atoms with E-state index in [2.05, 4.69) is 5.32 Å². The smallest absolute Gasteiger partial charge is 0.416 e. The van der Waals surface area contributed by atoms with Gasteiger partial charge in [-0.2, -0.15) is 17.6 Å². The molecule has 0 radical (unpaired) electrons. The van der Waals surface area contributed by atoms with Crippen LogP contribution in [0.4, 0.5) is 26.3 Å². The van der Waals surface area contributed by atoms with E-state index in [1.54, 1.807) is 15.9 Å². The Hall–Kier alpha value is -4.85. The first kappa shape index (κ1) is 37.9. The van der Waals surface area contributed by atoms with E-state index in [-0.39, 0.29) is 62.9 Å². The van der Waals surface area contributed by atoms with Crippen LogP contribution in [-0.2, 0) is 33.5 Å². The lowest BCUT2D eigenvalue weighted by atomic mass is 9.82. The van der Waals surface area contributed by atoms with Crippen molar-refractivity contribution in [1.82, 2.24) is 15.1 Å². The van der Waals surface area contributed by atoms with E-state index in [0.29, 0.717) is 55.9 Å². The number of alkyl halides is 3. The van der Waals surface area contributed by atoms with Crippen molar-refractivity contribution in [2.24, 2.45) is 0 Å². The Kier molecular flexibility index (Phi) is 11.5. The minimum absolute atomic E-state index is 0.0252. The normalized spacial score (nSPS) is 18.6. The zero-order chi connectivity index (χ0) is 37.9. The van der Waals surface area contributed by atoms with E-state index < -0.39 is 47.0 Å². The second-order valence-electron chi connectivity index (χ2n) is 13.7. The van der Waals surface area contributed by atoms with Crippen molar-refractivity contribution in [2.75, 3.05) is 19.7 Å². The summed E-state index contributed by atoms with van der Waals surface area (Å²) in [5.74, 6) is -5.90. The average Bonchev–Trinajstić information content (AvgIpc) is 3.97. The molecule has 282 valence electrons. The number of nitrogens with one attached hydrogen (secondary N) is 1. The highest BCUT2D eigenvalue weighted by Gasteiger charge is 2.43. The molecule has 2 heterocycles. The molecule has 2 atom stereocenters. The molecule has 8 nitrogen and oxygen atoms in total. The van der Waals surface area contributed by atoms with Crippen LogP contribution in [-0.4, -0.2) is 70.5 Å². The van der Waals surface area contributed by atoms with Gasteiger partial charge in [-0.1, -0.05) is 36.4 Å². The molecule has 1 saturated heterocycles. The quantitative estimate of drug-likeness (QED) is 0.106. The molecule has 0 spiro atoms. The molecule has 3 aromatic carbocycles. The summed E-state index contributed by atoms with van der Waals surface area (Å²) >= 11 is 0. The SMILES string of the molecule is O=C(O)CCCC(=O)N1CC2CC(c3ccc(CCCOc4c(F)ccc(F)c4F)cc3)=C(C(=O)N(Cc3cccc(C(F)(F)F)c3)C3CC3)C(C1)N2. The first-order valence-corrected chi connectivity index (χ1v) is 17.6. The number of amides is 2. The van der Waals surface area contributed by atoms with Gasteiger partial charge in [0.25, 0.3) is 5.91 Å². The number of carbonyl (C=O) groups is 3. The predicted molar refractivity (Wildman–Crippen MR) is 182 cm³/mol. The van der Waals surface area contributed by atoms with Crippen molar-refractivity contribution in [3.63, 3.8) is 0 Å². The van der Waals surface area contributed by atoms with Crippen LogP contribution in [0.25, 0.3) is 5.57 Å². The standard InChI is InChI=1S/C39H39F6N3O5/c40-30-15-16-31(41)37(36(30)42)53-17-3-5-23-9-11-25(12-10-23)29-19-27-21-47(33(49)7-2-8-34(50)51)22-32(46-27)35(29)38(52)48(28-13-14-28)20-24-4-1-6-26(18-24)39(43,44)45/h1,4,6,9-12,15-16,18,27-28,32,46H,2-3,5,7-8,13-14,17,19-22H2,(H,50,51). The van der Waals surface area contributed by atoms with E-state index >= 15 is 0 Å². The Labute approximate surface area is 302 Å². The largest absolute Gasteiger partial charge is 0.488 e. The van der Waals surface area contributed by atoms with E-state index in [1.165, 1.54) is 6.07 Å². The fraction of sp³-hybridized carbons (Fsp3) is 0.410. The second kappa shape index (κ2) is 16.0. The minimum atomic E-state index is -4.54. The van der Waals surface area contributed by atoms with Gasteiger partial charge in [0.15, 0.2) is 17.4 Å². The van der Waals surface area contributed by atoms with Crippen molar-refractivity contribution in [3.8, 4) is 5.75 Å². The van der Waals surface area contributed by atoms with Crippen LogP contribution >= 0.6 is 0 Å². The maximum absolute atomic E-state index is 14.6. The van der Waals surface area contributed by atoms with E-state index in [4.69, 9.17) is 9.84 Å². The van der Waals surface area contributed by atoms with Gasteiger partial charge >= 0.3 is 12.1 Å². The fourth-order valence-electron chi connectivity index (χ4n) is 7.03. The summed E-state index contributed by atoms with van der Waals surface area (Å²) < 4.78 is 87.2. The van der Waals surface area contributed by atoms with Crippen LogP contribution in [0.2, 0.25) is 0 Å². The number of fused-ring (bicyclic) bond motifs is 2. The molecule has 3 aliphatic rings. The topological polar surface area (TPSA) is 99.2 Å². The third-order valence-corrected chi connectivity index (χ3v) is 9.79. The molecule has 2 amide bonds. The fourth-order valence-corrected chi connectivity index (χ4v) is 7.03. The summed E-state index contributed by atoms with van der Waals surface area (Å²) in [6.45, 7) is 0.434. The summed E-state index contributed by atoms with van der Waals surface area (Å²) in [4.78, 5) is 42.1. The lowest BCUT2D eigenvalue weighted by molar-refractivity contribution is -0.139. The van der Waals surface area contributed by atoms with Crippen LogP contribution in [0.1, 0.15) is 67.2 Å². The van der Waals surface area contributed by atoms with Crippen LogP contribution in [0, 0.1) is 17.5 Å². The van der Waals surface area contributed by atoms with Crippen molar-refractivity contribution in [3.05, 3.63) is 106 Å². The van der Waals surface area contributed by atoms with E-state index in [9.17, 15) is 40.7 Å². The van der Waals surface area contributed by atoms with Crippen molar-refractivity contribution < 1.29 is 50.6 Å². The predicted octanol–water partition coefficient (Wildman–Crippen LogP) is 6.91. The van der Waals surface area contributed by atoms with Crippen LogP contribution in [0.3, 0.4) is 0 Å². The maximum atomic E-state index is 14.6. The number of nitrogens with zero attached hydrogens (tertiary/aromatic N) is 2. The molecule has 1 saturated carbocycles. The van der Waals surface area contributed by atoms with E-state index in [1.807, 2.05) is 24.3 Å². The molecule has 2 fully saturated rings. The molecule has 0 aromatic heterocycles. The van der Waals surface area contributed by atoms with Crippen LogP contribution < -0.4 is 10.1 Å². The van der Waals surface area contributed by atoms with Gasteiger partial charge in [0.05, 0.1) is 18.2 Å². The van der Waals surface area contributed by atoms with Crippen molar-refractivity contribution in [1.29, 1.82) is 0 Å². The Morgan fingerprint density at radius 1 is 0.906 bits per heavy atom. The molecule has 1 aliphatic carbocycles. The lowest BCUT2D eigenvalue weighted by Gasteiger charge is -2.45. The first-order valence-electron chi connectivity index (χ1n) is 17.6. The second-order valence-corrected chi connectivity index (χ2v) is 13.7. The van der Waals surface area contributed by atoms with Gasteiger partial charge < -0.3 is 25.0 Å². The molecule has 14 heteroatoms. The summed E-state index contributed by atoms with van der Waals surface area (Å²) in [7, 11) is 0. The third kappa shape index (κ3) is 9.21. The van der Waals surface area contributed by atoms with Gasteiger partial charge in [0.2, 0.25) is 11.7 Å². The highest BCUT2D eigenvalue weighted by molar-refractivity contribution is 6.03. The molecule has 2 aliphatic heterocycles. The average molecular weight is 744 g/mol. The van der Waals surface area contributed by atoms with Gasteiger partial charge in [-0.05, 0) is 85.1 Å². The monoisotopic (exact) mass is 743 g/mol. The number of carboxylic acid groups (broad SMARTS) is 1. The first-order chi connectivity index (χ1) is 25.3. The number of carbonyl (C=O) groups excluding carboxylic acids is 2. The van der Waals surface area contributed by atoms with Crippen LogP contribution in [0.15, 0.2) is 66.2 Å². The number of aryl methyl sites for hydroxylation is 1. The van der Waals surface area contributed by atoms with Crippen molar-refractivity contribution in [2.45, 2.75) is 82.2 Å². The summed E-state index contributed by atoms with van der Waals surface area (Å²) in [5, 5.41) is 12.5. The van der Waals surface area contributed by atoms with Gasteiger partial charge in [-0.25, -0.2) is 8.78 Å². The summed E-state index contributed by atoms with van der Waals surface area (Å²) in [6, 6.07) is 13.0. The number of aliphatic carboxylic acids is 1. The Bertz CT molecular complexity index is 1880. The Morgan fingerprint density at radius 3 is 2.34 bits per heavy atom. The Morgan fingerprint density at radius 2 is 1.64 bits per heavy atom. The van der Waals surface area contributed by atoms with Gasteiger partial charge in [0, 0.05) is 50.1 Å². The number of ether oxygens (including phenoxy) is 1. The molecular formula is C39H39F6N3O5. The van der Waals surface area contributed by atoms with E-state index in [0.717, 1.165) is 34.9 Å². The highest BCUT2D eigenvalue weighted by atomic mass is 19.4. The molecule has 53 heavy (non-hydrogen) atoms. The molecule has 2 N–H and O–H groups in total. The number of hydrogen-bond acceptors (Lipinski definition) is 5. The van der Waals surface area contributed by atoms with Crippen molar-refractivity contribution >= 4 is 23.4 Å². The highest BCUT2D eigenvalue weighted by Crippen LogP contribution is 2.38. The molecule has 3 aromatic rings. The number of carboxylic acids is 1. The third-order valence-electron chi connectivity index (χ3n) is 9.79. The zero-order valence-corrected chi connectivity index (χ0v) is 28.7. The lowest BCUT2D eigenvalue weighted by Crippen LogP contribution is -2.62. The molecular weight excluding hydrogens is 704 g/mol. The summed E-state index contributed by atoms with van der Waals surface area (Å²) in [5.41, 5.74) is 2.39. The van der Waals surface area contributed by atoms with Crippen LogP contribution in [0.5, 0.6) is 5.75 Å². The van der Waals surface area contributed by atoms with Gasteiger partial charge in [-0.15, -0.1) is 0 Å². The number of halogens is 6. The molecule has 2 unspecified atom stereocenters. The zero-order valence-electron chi connectivity index (χ0n) is 28.7. The van der Waals surface area contributed by atoms with Gasteiger partial charge in [-0.3, -0.25) is 14.4 Å². The number of piperazine rings is 1. The number of rotatable bonds is 14. The molecule has 2 bridgehead atoms. The molecule has 6 rings (SSSR count). The number of hydrogen-bond donors (Lipinski definition) is 2. The summed E-state index contributed by atoms with van der Waals surface area (Å²) in [6.07, 6.45) is -1.80. The Balaban J connectivity index is 1.24. The number of benzene rings is 3. The maximum Gasteiger partial charge on any atom is 0.416 e. The minimum Gasteiger partial charge on any atom is -0.488 e.